The minimum Gasteiger partial charge on any atom is -0.465 e. The van der Waals surface area contributed by atoms with Crippen molar-refractivity contribution in [1.29, 1.82) is 0 Å². The number of esters is 1. The molecule has 0 spiro atoms. The van der Waals surface area contributed by atoms with Gasteiger partial charge in [-0.05, 0) is 37.5 Å². The van der Waals surface area contributed by atoms with Crippen molar-refractivity contribution in [2.45, 2.75) is 44.8 Å². The van der Waals surface area contributed by atoms with Gasteiger partial charge in [-0.3, -0.25) is 4.90 Å². The molecule has 110 valence electrons. The molecule has 4 heteroatoms. The van der Waals surface area contributed by atoms with Gasteiger partial charge in [-0.2, -0.15) is 0 Å². The van der Waals surface area contributed by atoms with E-state index in [2.05, 4.69) is 17.9 Å². The van der Waals surface area contributed by atoms with Gasteiger partial charge < -0.3 is 10.5 Å². The fraction of sp³-hybridized carbons (Fsp3) is 0.562. The highest BCUT2D eigenvalue weighted by atomic mass is 16.5. The van der Waals surface area contributed by atoms with Crippen molar-refractivity contribution >= 4 is 5.97 Å². The van der Waals surface area contributed by atoms with Gasteiger partial charge in [0.1, 0.15) is 0 Å². The monoisotopic (exact) mass is 276 g/mol. The Morgan fingerprint density at radius 3 is 2.95 bits per heavy atom. The van der Waals surface area contributed by atoms with Crippen LogP contribution in [-0.4, -0.2) is 36.6 Å². The van der Waals surface area contributed by atoms with Gasteiger partial charge in [0.2, 0.25) is 0 Å². The third-order valence-corrected chi connectivity index (χ3v) is 4.18. The second-order valence-corrected chi connectivity index (χ2v) is 5.53. The number of carbonyl (C=O) groups excluding carboxylic acids is 1. The summed E-state index contributed by atoms with van der Waals surface area (Å²) in [4.78, 5) is 14.0. The van der Waals surface area contributed by atoms with Gasteiger partial charge in [0.15, 0.2) is 0 Å². The zero-order valence-corrected chi connectivity index (χ0v) is 12.3. The number of ether oxygens (including phenoxy) is 1. The Morgan fingerprint density at radius 2 is 2.25 bits per heavy atom. The van der Waals surface area contributed by atoms with E-state index in [1.165, 1.54) is 20.0 Å². The minimum absolute atomic E-state index is 0.283. The maximum Gasteiger partial charge on any atom is 0.337 e. The van der Waals surface area contributed by atoms with Gasteiger partial charge in [0, 0.05) is 25.2 Å². The van der Waals surface area contributed by atoms with Crippen LogP contribution in [0.5, 0.6) is 0 Å². The second-order valence-electron chi connectivity index (χ2n) is 5.53. The van der Waals surface area contributed by atoms with Crippen molar-refractivity contribution < 1.29 is 9.53 Å². The summed E-state index contributed by atoms with van der Waals surface area (Å²) in [5.41, 5.74) is 7.64. The lowest BCUT2D eigenvalue weighted by molar-refractivity contribution is 0.0600. The largest absolute Gasteiger partial charge is 0.465 e. The zero-order valence-electron chi connectivity index (χ0n) is 12.3. The fourth-order valence-corrected chi connectivity index (χ4v) is 3.00. The average Bonchev–Trinajstić information content (AvgIpc) is 2.48. The van der Waals surface area contributed by atoms with E-state index in [9.17, 15) is 4.79 Å². The van der Waals surface area contributed by atoms with Crippen LogP contribution in [0.1, 0.15) is 42.1 Å². The maximum atomic E-state index is 11.6. The number of likely N-dealkylation sites (tertiary alicyclic amines) is 1. The van der Waals surface area contributed by atoms with Crippen LogP contribution in [-0.2, 0) is 11.3 Å². The number of hydrogen-bond donors (Lipinski definition) is 1. The predicted molar refractivity (Wildman–Crippen MR) is 79.5 cm³/mol. The van der Waals surface area contributed by atoms with Gasteiger partial charge in [-0.1, -0.05) is 18.6 Å². The molecule has 2 rings (SSSR count). The molecule has 0 aromatic heterocycles. The van der Waals surface area contributed by atoms with Crippen LogP contribution in [0, 0.1) is 0 Å². The Morgan fingerprint density at radius 1 is 1.45 bits per heavy atom. The van der Waals surface area contributed by atoms with Crippen molar-refractivity contribution in [1.82, 2.24) is 4.90 Å². The summed E-state index contributed by atoms with van der Waals surface area (Å²) < 4.78 is 4.77. The quantitative estimate of drug-likeness (QED) is 0.856. The summed E-state index contributed by atoms with van der Waals surface area (Å²) in [7, 11) is 1.41. The molecule has 1 saturated heterocycles. The van der Waals surface area contributed by atoms with Crippen molar-refractivity contribution in [3.63, 3.8) is 0 Å². The molecule has 2 atom stereocenters. The molecule has 0 radical (unpaired) electrons. The molecule has 1 aliphatic heterocycles. The van der Waals surface area contributed by atoms with E-state index in [4.69, 9.17) is 10.5 Å². The molecule has 0 aliphatic carbocycles. The van der Waals surface area contributed by atoms with Crippen LogP contribution in [0.15, 0.2) is 24.3 Å². The Hall–Kier alpha value is -1.39. The van der Waals surface area contributed by atoms with Crippen molar-refractivity contribution in [2.24, 2.45) is 5.73 Å². The summed E-state index contributed by atoms with van der Waals surface area (Å²) in [6, 6.07) is 8.66. The number of methoxy groups -OCH3 is 1. The van der Waals surface area contributed by atoms with E-state index in [-0.39, 0.29) is 5.97 Å². The number of carbonyl (C=O) groups is 1. The van der Waals surface area contributed by atoms with Crippen molar-refractivity contribution in [3.8, 4) is 0 Å². The summed E-state index contributed by atoms with van der Waals surface area (Å²) in [5, 5.41) is 0. The van der Waals surface area contributed by atoms with Crippen LogP contribution in [0.3, 0.4) is 0 Å². The molecule has 4 nitrogen and oxygen atoms in total. The van der Waals surface area contributed by atoms with Crippen LogP contribution < -0.4 is 5.73 Å². The molecular weight excluding hydrogens is 252 g/mol. The number of rotatable bonds is 4. The summed E-state index contributed by atoms with van der Waals surface area (Å²) in [6.45, 7) is 3.79. The number of nitrogens with zero attached hydrogens (tertiary/aromatic N) is 1. The van der Waals surface area contributed by atoms with Crippen LogP contribution in [0.4, 0.5) is 0 Å². The van der Waals surface area contributed by atoms with Gasteiger partial charge in [0.25, 0.3) is 0 Å². The lowest BCUT2D eigenvalue weighted by Crippen LogP contribution is -2.48. The van der Waals surface area contributed by atoms with Crippen molar-refractivity contribution in [2.75, 3.05) is 13.7 Å². The van der Waals surface area contributed by atoms with Crippen LogP contribution >= 0.6 is 0 Å². The van der Waals surface area contributed by atoms with E-state index < -0.39 is 0 Å². The lowest BCUT2D eigenvalue weighted by atomic mass is 9.95. The molecule has 1 aromatic rings. The molecule has 0 amide bonds. The molecule has 1 aliphatic rings. The number of hydrogen-bond acceptors (Lipinski definition) is 4. The normalized spacial score (nSPS) is 23.6. The Bertz CT molecular complexity index is 462. The maximum absolute atomic E-state index is 11.6. The summed E-state index contributed by atoms with van der Waals surface area (Å²) >= 11 is 0. The zero-order chi connectivity index (χ0) is 14.5. The van der Waals surface area contributed by atoms with E-state index in [0.717, 1.165) is 18.5 Å². The van der Waals surface area contributed by atoms with Gasteiger partial charge in [-0.25, -0.2) is 4.79 Å². The lowest BCUT2D eigenvalue weighted by Gasteiger charge is -2.40. The van der Waals surface area contributed by atoms with Crippen LogP contribution in [0.25, 0.3) is 0 Å². The number of nitrogens with two attached hydrogens (primary N) is 1. The third-order valence-electron chi connectivity index (χ3n) is 4.18. The first kappa shape index (κ1) is 15.0. The first-order valence-corrected chi connectivity index (χ1v) is 7.28. The molecule has 1 heterocycles. The highest BCUT2D eigenvalue weighted by Gasteiger charge is 2.26. The molecular formula is C16H24N2O2. The summed E-state index contributed by atoms with van der Waals surface area (Å²) in [6.07, 6.45) is 3.63. The standard InChI is InChI=1S/C16H24N2O2/c1-12-5-3-8-15(10-17)18(12)11-13-6-4-7-14(9-13)16(19)20-2/h4,6-7,9,12,15H,3,5,8,10-11,17H2,1-2H3. The molecule has 2 N–H and O–H groups in total. The molecule has 1 aromatic carbocycles. The highest BCUT2D eigenvalue weighted by Crippen LogP contribution is 2.24. The number of piperidine rings is 1. The van der Waals surface area contributed by atoms with E-state index in [0.29, 0.717) is 24.2 Å². The first-order chi connectivity index (χ1) is 9.65. The van der Waals surface area contributed by atoms with E-state index >= 15 is 0 Å². The minimum atomic E-state index is -0.283. The predicted octanol–water partition coefficient (Wildman–Crippen LogP) is 2.17. The fourth-order valence-electron chi connectivity index (χ4n) is 3.00. The smallest absolute Gasteiger partial charge is 0.337 e. The summed E-state index contributed by atoms with van der Waals surface area (Å²) in [5.74, 6) is -0.283. The van der Waals surface area contributed by atoms with E-state index in [1.807, 2.05) is 12.1 Å². The number of benzene rings is 1. The molecule has 20 heavy (non-hydrogen) atoms. The Balaban J connectivity index is 2.13. The van der Waals surface area contributed by atoms with Gasteiger partial charge in [-0.15, -0.1) is 0 Å². The average molecular weight is 276 g/mol. The third kappa shape index (κ3) is 3.38. The molecule has 1 fully saturated rings. The SMILES string of the molecule is COC(=O)c1cccc(CN2C(C)CCCC2CN)c1. The van der Waals surface area contributed by atoms with Gasteiger partial charge in [0.05, 0.1) is 12.7 Å². The molecule has 0 saturated carbocycles. The molecule has 2 unspecified atom stereocenters. The van der Waals surface area contributed by atoms with Crippen LogP contribution in [0.2, 0.25) is 0 Å². The Labute approximate surface area is 120 Å². The second kappa shape index (κ2) is 6.86. The van der Waals surface area contributed by atoms with E-state index in [1.54, 1.807) is 6.07 Å². The van der Waals surface area contributed by atoms with Crippen molar-refractivity contribution in [3.05, 3.63) is 35.4 Å². The first-order valence-electron chi connectivity index (χ1n) is 7.28. The highest BCUT2D eigenvalue weighted by molar-refractivity contribution is 5.89. The molecule has 0 bridgehead atoms. The topological polar surface area (TPSA) is 55.6 Å². The Kier molecular flexibility index (Phi) is 5.15. The van der Waals surface area contributed by atoms with Gasteiger partial charge >= 0.3 is 5.97 Å².